The highest BCUT2D eigenvalue weighted by Crippen LogP contribution is 2.36. The van der Waals surface area contributed by atoms with Crippen molar-refractivity contribution in [3.8, 4) is 11.5 Å². The van der Waals surface area contributed by atoms with Gasteiger partial charge in [0.05, 0.1) is 24.4 Å². The maximum Gasteiger partial charge on any atom is 0.265 e. The summed E-state index contributed by atoms with van der Waals surface area (Å²) in [5, 5.41) is 13.6. The number of H-pyrrole nitrogens is 1. The van der Waals surface area contributed by atoms with Gasteiger partial charge in [-0.1, -0.05) is 11.6 Å². The second-order valence-corrected chi connectivity index (χ2v) is 7.20. The monoisotopic (exact) mass is 454 g/mol. The zero-order valence-corrected chi connectivity index (χ0v) is 17.7. The smallest absolute Gasteiger partial charge is 0.265 e. The van der Waals surface area contributed by atoms with Crippen molar-refractivity contribution in [2.24, 2.45) is 5.10 Å². The van der Waals surface area contributed by atoms with Gasteiger partial charge in [-0.3, -0.25) is 0 Å². The molecule has 0 aliphatic carbocycles. The lowest BCUT2D eigenvalue weighted by Gasteiger charge is -2.11. The summed E-state index contributed by atoms with van der Waals surface area (Å²) in [5.41, 5.74) is 7.15. The molecule has 29 heavy (non-hydrogen) atoms. The minimum Gasteiger partial charge on any atom is -0.493 e. The topological polar surface area (TPSA) is 97.3 Å². The fourth-order valence-corrected chi connectivity index (χ4v) is 3.57. The molecule has 0 radical (unpaired) electrons. The minimum atomic E-state index is 0.300. The molecule has 0 saturated carbocycles. The number of aromatic nitrogens is 4. The molecule has 0 bridgehead atoms. The lowest BCUT2D eigenvalue weighted by atomic mass is 10.2. The van der Waals surface area contributed by atoms with Gasteiger partial charge in [-0.2, -0.15) is 10.1 Å². The molecule has 0 spiro atoms. The highest BCUT2D eigenvalue weighted by molar-refractivity contribution is 9.10. The average Bonchev–Trinajstić information content (AvgIpc) is 3.06. The summed E-state index contributed by atoms with van der Waals surface area (Å²) >= 11 is 3.50. The van der Waals surface area contributed by atoms with Crippen LogP contribution >= 0.6 is 15.9 Å². The molecule has 148 valence electrons. The number of nitrogens with one attached hydrogen (secondary N) is 2. The molecule has 2 N–H and O–H groups in total. The van der Waals surface area contributed by atoms with Gasteiger partial charge < -0.3 is 14.5 Å². The van der Waals surface area contributed by atoms with Crippen LogP contribution in [0.25, 0.3) is 22.1 Å². The van der Waals surface area contributed by atoms with Crippen LogP contribution in [-0.4, -0.2) is 40.1 Å². The Morgan fingerprint density at radius 3 is 2.90 bits per heavy atom. The fourth-order valence-electron chi connectivity index (χ4n) is 3.00. The molecule has 0 aliphatic heterocycles. The Morgan fingerprint density at radius 2 is 2.10 bits per heavy atom. The van der Waals surface area contributed by atoms with Crippen molar-refractivity contribution in [3.63, 3.8) is 0 Å². The summed E-state index contributed by atoms with van der Waals surface area (Å²) in [7, 11) is 1.60. The van der Waals surface area contributed by atoms with Crippen molar-refractivity contribution in [2.75, 3.05) is 19.1 Å². The maximum absolute atomic E-state index is 5.60. The Morgan fingerprint density at radius 1 is 1.24 bits per heavy atom. The molecule has 4 aromatic rings. The van der Waals surface area contributed by atoms with Crippen LogP contribution < -0.4 is 14.9 Å². The first-order chi connectivity index (χ1) is 14.1. The summed E-state index contributed by atoms with van der Waals surface area (Å²) in [6, 6.07) is 9.84. The molecule has 0 saturated heterocycles. The number of aromatic amines is 1. The molecule has 4 rings (SSSR count). The number of nitrogens with zero attached hydrogens (tertiary/aromatic N) is 4. The highest BCUT2D eigenvalue weighted by Gasteiger charge is 2.11. The summed E-state index contributed by atoms with van der Waals surface area (Å²) in [4.78, 5) is 7.71. The molecular weight excluding hydrogens is 436 g/mol. The number of hydrazone groups is 1. The maximum atomic E-state index is 5.60. The normalized spacial score (nSPS) is 11.4. The predicted molar refractivity (Wildman–Crippen MR) is 117 cm³/mol. The Labute approximate surface area is 175 Å². The zero-order valence-electron chi connectivity index (χ0n) is 16.2. The van der Waals surface area contributed by atoms with Crippen molar-refractivity contribution in [2.45, 2.75) is 13.8 Å². The standard InChI is InChI=1S/C20H19BrN6O2/c1-4-29-18-14(21)8-12(9-16(18)28-3)10-22-26-20-24-19-17(25-27-20)13-7-11(2)5-6-15(13)23-19/h5-10H,4H2,1-3H3,(H2,23,24,26,27)/b22-10+. The van der Waals surface area contributed by atoms with Gasteiger partial charge in [-0.25, -0.2) is 5.43 Å². The second-order valence-electron chi connectivity index (χ2n) is 6.34. The van der Waals surface area contributed by atoms with Gasteiger partial charge in [0.2, 0.25) is 0 Å². The Hall–Kier alpha value is -3.20. The predicted octanol–water partition coefficient (Wildman–Crippen LogP) is 4.43. The Kier molecular flexibility index (Phi) is 5.30. The van der Waals surface area contributed by atoms with Crippen LogP contribution in [0.5, 0.6) is 11.5 Å². The number of methoxy groups -OCH3 is 1. The molecule has 2 heterocycles. The van der Waals surface area contributed by atoms with E-state index in [9.17, 15) is 0 Å². The van der Waals surface area contributed by atoms with Gasteiger partial charge >= 0.3 is 0 Å². The summed E-state index contributed by atoms with van der Waals surface area (Å²) < 4.78 is 11.8. The van der Waals surface area contributed by atoms with Gasteiger partial charge in [-0.05, 0) is 59.6 Å². The minimum absolute atomic E-state index is 0.300. The van der Waals surface area contributed by atoms with Gasteiger partial charge in [-0.15, -0.1) is 10.2 Å². The van der Waals surface area contributed by atoms with Crippen molar-refractivity contribution < 1.29 is 9.47 Å². The van der Waals surface area contributed by atoms with E-state index < -0.39 is 0 Å². The van der Waals surface area contributed by atoms with Crippen molar-refractivity contribution >= 4 is 50.2 Å². The molecule has 8 nitrogen and oxygen atoms in total. The molecular formula is C20H19BrN6O2. The zero-order chi connectivity index (χ0) is 20.4. The second kappa shape index (κ2) is 8.04. The summed E-state index contributed by atoms with van der Waals surface area (Å²) in [6.07, 6.45) is 1.64. The summed E-state index contributed by atoms with van der Waals surface area (Å²) in [5.74, 6) is 1.58. The molecule has 0 amide bonds. The molecule has 0 atom stereocenters. The lowest BCUT2D eigenvalue weighted by molar-refractivity contribution is 0.309. The number of fused-ring (bicyclic) bond motifs is 3. The number of anilines is 1. The van der Waals surface area contributed by atoms with E-state index in [0.29, 0.717) is 29.7 Å². The average molecular weight is 455 g/mol. The Balaban J connectivity index is 1.57. The van der Waals surface area contributed by atoms with Gasteiger partial charge in [0.1, 0.15) is 5.52 Å². The van der Waals surface area contributed by atoms with E-state index in [1.807, 2.05) is 38.1 Å². The number of hydrogen-bond donors (Lipinski definition) is 2. The van der Waals surface area contributed by atoms with E-state index in [0.717, 1.165) is 32.0 Å². The first-order valence-electron chi connectivity index (χ1n) is 9.01. The Bertz CT molecular complexity index is 1220. The molecule has 2 aromatic carbocycles. The van der Waals surface area contributed by atoms with E-state index in [2.05, 4.69) is 52.7 Å². The van der Waals surface area contributed by atoms with Gasteiger partial charge in [0.25, 0.3) is 5.95 Å². The quantitative estimate of drug-likeness (QED) is 0.330. The largest absolute Gasteiger partial charge is 0.493 e. The number of ether oxygens (including phenoxy) is 2. The SMILES string of the molecule is CCOc1c(Br)cc(/C=N/Nc2nnc3c(n2)[nH]c2ccc(C)cc23)cc1OC. The van der Waals surface area contributed by atoms with Crippen molar-refractivity contribution in [1.29, 1.82) is 0 Å². The van der Waals surface area contributed by atoms with Crippen LogP contribution in [0.1, 0.15) is 18.1 Å². The molecule has 0 fully saturated rings. The van der Waals surface area contributed by atoms with Gasteiger partial charge in [0, 0.05) is 10.9 Å². The van der Waals surface area contributed by atoms with Crippen LogP contribution in [0.15, 0.2) is 39.9 Å². The molecule has 2 aromatic heterocycles. The van der Waals surface area contributed by atoms with Crippen LogP contribution in [-0.2, 0) is 0 Å². The van der Waals surface area contributed by atoms with E-state index in [4.69, 9.17) is 9.47 Å². The molecule has 9 heteroatoms. The van der Waals surface area contributed by atoms with Crippen LogP contribution in [0, 0.1) is 6.92 Å². The number of rotatable bonds is 6. The number of halogens is 1. The third-order valence-electron chi connectivity index (χ3n) is 4.29. The van der Waals surface area contributed by atoms with E-state index in [1.165, 1.54) is 0 Å². The number of hydrogen-bond acceptors (Lipinski definition) is 7. The van der Waals surface area contributed by atoms with Crippen molar-refractivity contribution in [1.82, 2.24) is 20.2 Å². The van der Waals surface area contributed by atoms with E-state index >= 15 is 0 Å². The first kappa shape index (κ1) is 19.1. The third kappa shape index (κ3) is 3.86. The lowest BCUT2D eigenvalue weighted by Crippen LogP contribution is -2.00. The van der Waals surface area contributed by atoms with Gasteiger partial charge in [0.15, 0.2) is 17.1 Å². The first-order valence-corrected chi connectivity index (χ1v) is 9.80. The van der Waals surface area contributed by atoms with E-state index in [-0.39, 0.29) is 0 Å². The van der Waals surface area contributed by atoms with Crippen LogP contribution in [0.2, 0.25) is 0 Å². The number of benzene rings is 2. The van der Waals surface area contributed by atoms with Crippen LogP contribution in [0.4, 0.5) is 5.95 Å². The van der Waals surface area contributed by atoms with Crippen molar-refractivity contribution in [3.05, 3.63) is 45.9 Å². The fraction of sp³-hybridized carbons (Fsp3) is 0.200. The third-order valence-corrected chi connectivity index (χ3v) is 4.88. The molecule has 0 aliphatic rings. The number of aryl methyl sites for hydroxylation is 1. The van der Waals surface area contributed by atoms with E-state index in [1.54, 1.807) is 13.3 Å². The summed E-state index contributed by atoms with van der Waals surface area (Å²) in [6.45, 7) is 4.51. The molecule has 0 unspecified atom stereocenters. The van der Waals surface area contributed by atoms with Crippen LogP contribution in [0.3, 0.4) is 0 Å². The highest BCUT2D eigenvalue weighted by atomic mass is 79.9.